The molecule has 19 heavy (non-hydrogen) atoms. The third-order valence-corrected chi connectivity index (χ3v) is 3.28. The molecule has 0 saturated carbocycles. The van der Waals surface area contributed by atoms with Gasteiger partial charge >= 0.3 is 0 Å². The first-order chi connectivity index (χ1) is 9.19. The molecule has 0 aliphatic rings. The van der Waals surface area contributed by atoms with E-state index in [0.717, 1.165) is 16.3 Å². The molecule has 3 nitrogen and oxygen atoms in total. The molecule has 2 rings (SSSR count). The highest BCUT2D eigenvalue weighted by Gasteiger charge is 2.03. The van der Waals surface area contributed by atoms with Crippen LogP contribution in [0.15, 0.2) is 35.7 Å². The van der Waals surface area contributed by atoms with Gasteiger partial charge in [-0.25, -0.2) is 9.37 Å². The third kappa shape index (κ3) is 3.72. The van der Waals surface area contributed by atoms with Gasteiger partial charge < -0.3 is 5.32 Å². The second-order valence-corrected chi connectivity index (χ2v) is 4.67. The molecule has 1 N–H and O–H groups in total. The van der Waals surface area contributed by atoms with Gasteiger partial charge in [0.25, 0.3) is 0 Å². The Morgan fingerprint density at radius 2 is 2.16 bits per heavy atom. The standard InChI is InChI=1S/C14H13FN2OS/c1-2-16-13(18)8-7-12-9-19-14(17-12)10-3-5-11(15)6-4-10/h3-9H,2H2,1H3,(H,16,18). The van der Waals surface area contributed by atoms with Crippen molar-refractivity contribution in [3.8, 4) is 10.6 Å². The molecule has 0 bridgehead atoms. The minimum Gasteiger partial charge on any atom is -0.353 e. The maximum atomic E-state index is 12.8. The van der Waals surface area contributed by atoms with E-state index in [-0.39, 0.29) is 11.7 Å². The smallest absolute Gasteiger partial charge is 0.244 e. The van der Waals surface area contributed by atoms with Gasteiger partial charge in [-0.1, -0.05) is 0 Å². The Bertz CT molecular complexity index is 590. The minimum absolute atomic E-state index is 0.140. The molecule has 0 unspecified atom stereocenters. The molecule has 0 saturated heterocycles. The molecular weight excluding hydrogens is 263 g/mol. The highest BCUT2D eigenvalue weighted by atomic mass is 32.1. The highest BCUT2D eigenvalue weighted by molar-refractivity contribution is 7.13. The molecule has 1 amide bonds. The Hall–Kier alpha value is -2.01. The van der Waals surface area contributed by atoms with Crippen LogP contribution < -0.4 is 5.32 Å². The molecule has 0 atom stereocenters. The van der Waals surface area contributed by atoms with Crippen molar-refractivity contribution in [2.45, 2.75) is 6.92 Å². The predicted octanol–water partition coefficient (Wildman–Crippen LogP) is 3.10. The van der Waals surface area contributed by atoms with Crippen molar-refractivity contribution in [1.29, 1.82) is 0 Å². The number of benzene rings is 1. The van der Waals surface area contributed by atoms with Gasteiger partial charge in [-0.2, -0.15) is 0 Å². The van der Waals surface area contributed by atoms with Crippen molar-refractivity contribution >= 4 is 23.3 Å². The molecule has 5 heteroatoms. The van der Waals surface area contributed by atoms with Crippen LogP contribution in [0.4, 0.5) is 4.39 Å². The molecule has 1 heterocycles. The zero-order valence-corrected chi connectivity index (χ0v) is 11.2. The van der Waals surface area contributed by atoms with E-state index < -0.39 is 0 Å². The summed E-state index contributed by atoms with van der Waals surface area (Å²) in [5.74, 6) is -0.407. The average Bonchev–Trinajstić information content (AvgIpc) is 2.86. The van der Waals surface area contributed by atoms with Gasteiger partial charge in [0.2, 0.25) is 5.91 Å². The molecule has 2 aromatic rings. The van der Waals surface area contributed by atoms with Gasteiger partial charge in [-0.05, 0) is 37.3 Å². The molecule has 0 fully saturated rings. The van der Waals surface area contributed by atoms with Crippen LogP contribution in [0.25, 0.3) is 16.6 Å². The van der Waals surface area contributed by atoms with E-state index in [9.17, 15) is 9.18 Å². The molecule has 1 aromatic carbocycles. The first-order valence-corrected chi connectivity index (χ1v) is 6.74. The lowest BCUT2D eigenvalue weighted by Crippen LogP contribution is -2.19. The van der Waals surface area contributed by atoms with Gasteiger partial charge in [0.15, 0.2) is 0 Å². The van der Waals surface area contributed by atoms with Gasteiger partial charge in [-0.3, -0.25) is 4.79 Å². The highest BCUT2D eigenvalue weighted by Crippen LogP contribution is 2.24. The Balaban J connectivity index is 2.11. The second-order valence-electron chi connectivity index (χ2n) is 3.81. The van der Waals surface area contributed by atoms with Crippen LogP contribution in [0, 0.1) is 5.82 Å². The van der Waals surface area contributed by atoms with Crippen LogP contribution in [0.1, 0.15) is 12.6 Å². The van der Waals surface area contributed by atoms with Gasteiger partial charge in [-0.15, -0.1) is 11.3 Å². The summed E-state index contributed by atoms with van der Waals surface area (Å²) < 4.78 is 12.8. The lowest BCUT2D eigenvalue weighted by molar-refractivity contribution is -0.116. The number of nitrogens with zero attached hydrogens (tertiary/aromatic N) is 1. The molecular formula is C14H13FN2OS. The zero-order valence-electron chi connectivity index (χ0n) is 10.4. The topological polar surface area (TPSA) is 42.0 Å². The Morgan fingerprint density at radius 1 is 1.42 bits per heavy atom. The fourth-order valence-corrected chi connectivity index (χ4v) is 2.28. The molecule has 0 spiro atoms. The van der Waals surface area contributed by atoms with Gasteiger partial charge in [0.05, 0.1) is 5.69 Å². The fraction of sp³-hybridized carbons (Fsp3) is 0.143. The molecule has 0 aliphatic heterocycles. The summed E-state index contributed by atoms with van der Waals surface area (Å²) in [6.45, 7) is 2.46. The van der Waals surface area contributed by atoms with E-state index in [0.29, 0.717) is 6.54 Å². The van der Waals surface area contributed by atoms with Crippen LogP contribution in [0.2, 0.25) is 0 Å². The lowest BCUT2D eigenvalue weighted by Gasteiger charge is -1.95. The van der Waals surface area contributed by atoms with Crippen LogP contribution in [-0.2, 0) is 4.79 Å². The van der Waals surface area contributed by atoms with Crippen molar-refractivity contribution in [1.82, 2.24) is 10.3 Å². The van der Waals surface area contributed by atoms with E-state index >= 15 is 0 Å². The number of amides is 1. The van der Waals surface area contributed by atoms with E-state index in [1.165, 1.54) is 29.5 Å². The number of carbonyl (C=O) groups is 1. The number of hydrogen-bond donors (Lipinski definition) is 1. The summed E-state index contributed by atoms with van der Waals surface area (Å²) in [5.41, 5.74) is 1.58. The number of nitrogens with one attached hydrogen (secondary N) is 1. The maximum Gasteiger partial charge on any atom is 0.244 e. The van der Waals surface area contributed by atoms with E-state index in [1.807, 2.05) is 12.3 Å². The van der Waals surface area contributed by atoms with Crippen LogP contribution in [0.3, 0.4) is 0 Å². The average molecular weight is 276 g/mol. The largest absolute Gasteiger partial charge is 0.353 e. The number of likely N-dealkylation sites (N-methyl/N-ethyl adjacent to an activating group) is 1. The number of thiazole rings is 1. The molecule has 1 aromatic heterocycles. The number of carbonyl (C=O) groups excluding carboxylic acids is 1. The normalized spacial score (nSPS) is 10.8. The predicted molar refractivity (Wildman–Crippen MR) is 75.2 cm³/mol. The third-order valence-electron chi connectivity index (χ3n) is 2.37. The second kappa shape index (κ2) is 6.24. The number of hydrogen-bond acceptors (Lipinski definition) is 3. The SMILES string of the molecule is CCNC(=O)C=Cc1csc(-c2ccc(F)cc2)n1. The lowest BCUT2D eigenvalue weighted by atomic mass is 10.2. The van der Waals surface area contributed by atoms with Crippen molar-refractivity contribution in [3.63, 3.8) is 0 Å². The molecule has 0 radical (unpaired) electrons. The van der Waals surface area contributed by atoms with E-state index in [4.69, 9.17) is 0 Å². The Morgan fingerprint density at radius 3 is 2.84 bits per heavy atom. The Kier molecular flexibility index (Phi) is 4.41. The first-order valence-electron chi connectivity index (χ1n) is 5.86. The van der Waals surface area contributed by atoms with Crippen molar-refractivity contribution in [2.24, 2.45) is 0 Å². The minimum atomic E-state index is -0.267. The summed E-state index contributed by atoms with van der Waals surface area (Å²) in [6.07, 6.45) is 3.11. The number of halogens is 1. The summed E-state index contributed by atoms with van der Waals surface area (Å²) in [7, 11) is 0. The first kappa shape index (κ1) is 13.4. The van der Waals surface area contributed by atoms with Crippen LogP contribution in [0.5, 0.6) is 0 Å². The quantitative estimate of drug-likeness (QED) is 0.872. The summed E-state index contributed by atoms with van der Waals surface area (Å²) in [4.78, 5) is 15.6. The maximum absolute atomic E-state index is 12.8. The van der Waals surface area contributed by atoms with Crippen LogP contribution in [-0.4, -0.2) is 17.4 Å². The fourth-order valence-electron chi connectivity index (χ4n) is 1.48. The number of aromatic nitrogens is 1. The van der Waals surface area contributed by atoms with Gasteiger partial charge in [0, 0.05) is 23.6 Å². The zero-order chi connectivity index (χ0) is 13.7. The van der Waals surface area contributed by atoms with Crippen molar-refractivity contribution < 1.29 is 9.18 Å². The Labute approximate surface area is 114 Å². The summed E-state index contributed by atoms with van der Waals surface area (Å²) in [5, 5.41) is 5.33. The summed E-state index contributed by atoms with van der Waals surface area (Å²) >= 11 is 1.46. The molecule has 0 aliphatic carbocycles. The van der Waals surface area contributed by atoms with E-state index in [2.05, 4.69) is 10.3 Å². The van der Waals surface area contributed by atoms with Crippen molar-refractivity contribution in [2.75, 3.05) is 6.54 Å². The van der Waals surface area contributed by atoms with E-state index in [1.54, 1.807) is 18.2 Å². The van der Waals surface area contributed by atoms with Gasteiger partial charge in [0.1, 0.15) is 10.8 Å². The summed E-state index contributed by atoms with van der Waals surface area (Å²) in [6, 6.07) is 6.18. The molecule has 98 valence electrons. The number of rotatable bonds is 4. The van der Waals surface area contributed by atoms with Crippen molar-refractivity contribution in [3.05, 3.63) is 47.2 Å². The van der Waals surface area contributed by atoms with Crippen LogP contribution >= 0.6 is 11.3 Å². The monoisotopic (exact) mass is 276 g/mol.